The fraction of sp³-hybridized carbons (Fsp3) is 0.500. The van der Waals surface area contributed by atoms with Crippen molar-refractivity contribution in [2.45, 2.75) is 44.1 Å². The van der Waals surface area contributed by atoms with Crippen LogP contribution in [0.4, 0.5) is 0 Å². The maximum absolute atomic E-state index is 5.38. The standard InChI is InChI=1S/C16H19N3O/c1-2-4-12-10-13(9-11(12)3-1)16-18-15(20-19-16)7-8-17-14-5-6-14/h1-4,13-14,17H,5-10H2. The van der Waals surface area contributed by atoms with E-state index in [2.05, 4.69) is 39.7 Å². The molecule has 2 aromatic rings. The lowest BCUT2D eigenvalue weighted by atomic mass is 10.1. The van der Waals surface area contributed by atoms with Crippen LogP contribution >= 0.6 is 0 Å². The molecule has 20 heavy (non-hydrogen) atoms. The summed E-state index contributed by atoms with van der Waals surface area (Å²) in [5, 5.41) is 7.65. The topological polar surface area (TPSA) is 51.0 Å². The van der Waals surface area contributed by atoms with E-state index >= 15 is 0 Å². The van der Waals surface area contributed by atoms with Crippen LogP contribution in [0.5, 0.6) is 0 Å². The summed E-state index contributed by atoms with van der Waals surface area (Å²) in [7, 11) is 0. The number of benzene rings is 1. The predicted octanol–water partition coefficient (Wildman–Crippen LogP) is 2.25. The first kappa shape index (κ1) is 12.1. The third-order valence-electron chi connectivity index (χ3n) is 4.25. The molecule has 0 saturated heterocycles. The minimum Gasteiger partial charge on any atom is -0.339 e. The van der Waals surface area contributed by atoms with E-state index in [1.807, 2.05) is 0 Å². The highest BCUT2D eigenvalue weighted by Gasteiger charge is 2.26. The Morgan fingerprint density at radius 3 is 2.60 bits per heavy atom. The van der Waals surface area contributed by atoms with Crippen molar-refractivity contribution in [2.75, 3.05) is 6.54 Å². The largest absolute Gasteiger partial charge is 0.339 e. The number of fused-ring (bicyclic) bond motifs is 1. The molecule has 2 aliphatic carbocycles. The monoisotopic (exact) mass is 269 g/mol. The fourth-order valence-electron chi connectivity index (χ4n) is 2.95. The highest BCUT2D eigenvalue weighted by molar-refractivity contribution is 5.34. The van der Waals surface area contributed by atoms with Gasteiger partial charge in [-0.05, 0) is 36.8 Å². The lowest BCUT2D eigenvalue weighted by Gasteiger charge is -2.00. The maximum Gasteiger partial charge on any atom is 0.227 e. The van der Waals surface area contributed by atoms with Gasteiger partial charge in [-0.1, -0.05) is 29.4 Å². The summed E-state index contributed by atoms with van der Waals surface area (Å²) < 4.78 is 5.38. The molecular formula is C16H19N3O. The van der Waals surface area contributed by atoms with E-state index in [4.69, 9.17) is 4.52 Å². The molecule has 0 amide bonds. The zero-order valence-corrected chi connectivity index (χ0v) is 11.5. The van der Waals surface area contributed by atoms with Crippen LogP contribution in [0.15, 0.2) is 28.8 Å². The average molecular weight is 269 g/mol. The molecule has 0 atom stereocenters. The summed E-state index contributed by atoms with van der Waals surface area (Å²) in [6.07, 6.45) is 5.54. The van der Waals surface area contributed by atoms with Gasteiger partial charge in [-0.3, -0.25) is 0 Å². The Balaban J connectivity index is 1.38. The van der Waals surface area contributed by atoms with Gasteiger partial charge in [0.1, 0.15) is 0 Å². The lowest BCUT2D eigenvalue weighted by molar-refractivity contribution is 0.367. The van der Waals surface area contributed by atoms with Crippen molar-refractivity contribution in [3.05, 3.63) is 47.1 Å². The fourth-order valence-corrected chi connectivity index (χ4v) is 2.95. The summed E-state index contributed by atoms with van der Waals surface area (Å²) in [5.74, 6) is 2.04. The number of aromatic nitrogens is 2. The van der Waals surface area contributed by atoms with E-state index in [9.17, 15) is 0 Å². The van der Waals surface area contributed by atoms with Crippen molar-refractivity contribution in [3.8, 4) is 0 Å². The van der Waals surface area contributed by atoms with Gasteiger partial charge in [0.25, 0.3) is 0 Å². The molecule has 0 radical (unpaired) electrons. The molecule has 1 saturated carbocycles. The van der Waals surface area contributed by atoms with E-state index in [1.54, 1.807) is 0 Å². The zero-order valence-electron chi connectivity index (χ0n) is 11.5. The van der Waals surface area contributed by atoms with Crippen LogP contribution in [-0.4, -0.2) is 22.7 Å². The van der Waals surface area contributed by atoms with Gasteiger partial charge in [0.15, 0.2) is 5.82 Å². The van der Waals surface area contributed by atoms with Gasteiger partial charge >= 0.3 is 0 Å². The maximum atomic E-state index is 5.38. The minimum absolute atomic E-state index is 0.390. The molecule has 4 nitrogen and oxygen atoms in total. The smallest absolute Gasteiger partial charge is 0.227 e. The Morgan fingerprint density at radius 1 is 1.15 bits per heavy atom. The van der Waals surface area contributed by atoms with Gasteiger partial charge in [-0.15, -0.1) is 0 Å². The van der Waals surface area contributed by atoms with Crippen molar-refractivity contribution in [3.63, 3.8) is 0 Å². The van der Waals surface area contributed by atoms with Crippen LogP contribution in [0.25, 0.3) is 0 Å². The van der Waals surface area contributed by atoms with E-state index in [0.717, 1.165) is 43.6 Å². The van der Waals surface area contributed by atoms with Crippen molar-refractivity contribution in [1.82, 2.24) is 15.5 Å². The van der Waals surface area contributed by atoms with Crippen molar-refractivity contribution in [1.29, 1.82) is 0 Å². The van der Waals surface area contributed by atoms with E-state index in [0.29, 0.717) is 5.92 Å². The van der Waals surface area contributed by atoms with Gasteiger partial charge in [-0.2, -0.15) is 4.98 Å². The van der Waals surface area contributed by atoms with Crippen molar-refractivity contribution < 1.29 is 4.52 Å². The Kier molecular flexibility index (Phi) is 3.03. The van der Waals surface area contributed by atoms with Gasteiger partial charge < -0.3 is 9.84 Å². The molecule has 2 aliphatic rings. The first-order valence-electron chi connectivity index (χ1n) is 7.51. The van der Waals surface area contributed by atoms with Crippen LogP contribution in [0.3, 0.4) is 0 Å². The second kappa shape index (κ2) is 5.02. The van der Waals surface area contributed by atoms with Crippen LogP contribution in [0.1, 0.15) is 41.6 Å². The summed E-state index contributed by atoms with van der Waals surface area (Å²) in [4.78, 5) is 4.57. The van der Waals surface area contributed by atoms with Gasteiger partial charge in [0.05, 0.1) is 0 Å². The zero-order chi connectivity index (χ0) is 13.4. The number of hydrogen-bond donors (Lipinski definition) is 1. The third kappa shape index (κ3) is 2.48. The Hall–Kier alpha value is -1.68. The minimum atomic E-state index is 0.390. The molecule has 4 rings (SSSR count). The first-order valence-corrected chi connectivity index (χ1v) is 7.51. The van der Waals surface area contributed by atoms with Gasteiger partial charge in [0, 0.05) is 24.9 Å². The number of nitrogens with zero attached hydrogens (tertiary/aromatic N) is 2. The predicted molar refractivity (Wildman–Crippen MR) is 75.6 cm³/mol. The molecule has 0 unspecified atom stereocenters. The summed E-state index contributed by atoms with van der Waals surface area (Å²) in [5.41, 5.74) is 2.86. The molecule has 0 bridgehead atoms. The third-order valence-corrected chi connectivity index (χ3v) is 4.25. The quantitative estimate of drug-likeness (QED) is 0.904. The van der Waals surface area contributed by atoms with Crippen molar-refractivity contribution in [2.24, 2.45) is 0 Å². The van der Waals surface area contributed by atoms with Crippen molar-refractivity contribution >= 4 is 0 Å². The summed E-state index contributed by atoms with van der Waals surface area (Å²) in [6, 6.07) is 9.35. The summed E-state index contributed by atoms with van der Waals surface area (Å²) >= 11 is 0. The number of nitrogens with one attached hydrogen (secondary N) is 1. The highest BCUT2D eigenvalue weighted by Crippen LogP contribution is 2.32. The Morgan fingerprint density at radius 2 is 1.90 bits per heavy atom. The second-order valence-corrected chi connectivity index (χ2v) is 5.90. The molecule has 0 aliphatic heterocycles. The van der Waals surface area contributed by atoms with E-state index in [-0.39, 0.29) is 0 Å². The van der Waals surface area contributed by atoms with Crippen LogP contribution in [0.2, 0.25) is 0 Å². The molecule has 104 valence electrons. The first-order chi connectivity index (χ1) is 9.88. The Labute approximate surface area is 118 Å². The van der Waals surface area contributed by atoms with Crippen LogP contribution in [-0.2, 0) is 19.3 Å². The Bertz CT molecular complexity index is 578. The molecule has 0 spiro atoms. The second-order valence-electron chi connectivity index (χ2n) is 5.90. The molecule has 4 heteroatoms. The van der Waals surface area contributed by atoms with Crippen LogP contribution in [0, 0.1) is 0 Å². The lowest BCUT2D eigenvalue weighted by Crippen LogP contribution is -2.19. The molecule has 1 heterocycles. The molecule has 1 aromatic heterocycles. The number of hydrogen-bond acceptors (Lipinski definition) is 4. The highest BCUT2D eigenvalue weighted by atomic mass is 16.5. The SMILES string of the molecule is c1ccc2c(c1)CC(c1noc(CCNC3CC3)n1)C2. The molecule has 1 aromatic carbocycles. The number of rotatable bonds is 5. The van der Waals surface area contributed by atoms with E-state index in [1.165, 1.54) is 24.0 Å². The molecule has 1 N–H and O–H groups in total. The van der Waals surface area contributed by atoms with Gasteiger partial charge in [-0.25, -0.2) is 0 Å². The molecule has 1 fully saturated rings. The molecular weight excluding hydrogens is 250 g/mol. The normalized spacial score (nSPS) is 18.4. The van der Waals surface area contributed by atoms with E-state index < -0.39 is 0 Å². The summed E-state index contributed by atoms with van der Waals surface area (Å²) in [6.45, 7) is 0.942. The average Bonchev–Trinajstić information content (AvgIpc) is 3.01. The van der Waals surface area contributed by atoms with Crippen LogP contribution < -0.4 is 5.32 Å². The van der Waals surface area contributed by atoms with Gasteiger partial charge in [0.2, 0.25) is 5.89 Å².